The van der Waals surface area contributed by atoms with E-state index in [4.69, 9.17) is 4.74 Å². The van der Waals surface area contributed by atoms with Gasteiger partial charge in [0.1, 0.15) is 11.5 Å². The third kappa shape index (κ3) is 4.89. The molecule has 0 unspecified atom stereocenters. The topological polar surface area (TPSA) is 77.6 Å². The van der Waals surface area contributed by atoms with Crippen LogP contribution < -0.4 is 5.56 Å². The summed E-state index contributed by atoms with van der Waals surface area (Å²) >= 11 is 1.49. The highest BCUT2D eigenvalue weighted by molar-refractivity contribution is 7.98. The van der Waals surface area contributed by atoms with E-state index in [1.54, 1.807) is 22.6 Å². The van der Waals surface area contributed by atoms with Gasteiger partial charge in [-0.25, -0.2) is 9.37 Å². The zero-order valence-electron chi connectivity index (χ0n) is 18.9. The van der Waals surface area contributed by atoms with E-state index in [9.17, 15) is 9.18 Å². The first-order valence-electron chi connectivity index (χ1n) is 11.2. The van der Waals surface area contributed by atoms with Crippen LogP contribution in [0.3, 0.4) is 0 Å². The lowest BCUT2D eigenvalue weighted by molar-refractivity contribution is 0.0361. The molecule has 0 aliphatic carbocycles. The number of fused-ring (bicyclic) bond motifs is 1. The number of benzene rings is 1. The minimum Gasteiger partial charge on any atom is -0.379 e. The quantitative estimate of drug-likeness (QED) is 0.376. The second-order valence-corrected chi connectivity index (χ2v) is 9.10. The molecular weight excluding hydrogens is 455 g/mol. The van der Waals surface area contributed by atoms with E-state index in [1.807, 2.05) is 25.1 Å². The Hall–Kier alpha value is -3.08. The zero-order valence-corrected chi connectivity index (χ0v) is 19.7. The van der Waals surface area contributed by atoms with E-state index >= 15 is 0 Å². The number of thioether (sulfide) groups is 1. The number of aromatic nitrogens is 5. The fourth-order valence-electron chi connectivity index (χ4n) is 4.05. The first-order chi connectivity index (χ1) is 16.6. The minimum absolute atomic E-state index is 0.0977. The summed E-state index contributed by atoms with van der Waals surface area (Å²) in [6, 6.07) is 13.5. The van der Waals surface area contributed by atoms with Crippen molar-refractivity contribution in [2.75, 3.05) is 32.8 Å². The number of nitrogens with zero attached hydrogens (tertiary/aromatic N) is 6. The Labute approximate surface area is 200 Å². The van der Waals surface area contributed by atoms with Gasteiger partial charge in [0.05, 0.1) is 18.9 Å². The van der Waals surface area contributed by atoms with Gasteiger partial charge >= 0.3 is 0 Å². The molecule has 0 spiro atoms. The summed E-state index contributed by atoms with van der Waals surface area (Å²) in [7, 11) is 0. The minimum atomic E-state index is -0.290. The number of pyridine rings is 1. The molecule has 176 valence electrons. The van der Waals surface area contributed by atoms with Gasteiger partial charge in [-0.15, -0.1) is 10.2 Å². The number of rotatable bonds is 7. The molecule has 0 N–H and O–H groups in total. The van der Waals surface area contributed by atoms with Gasteiger partial charge in [0.15, 0.2) is 11.0 Å². The van der Waals surface area contributed by atoms with Crippen molar-refractivity contribution in [1.82, 2.24) is 29.0 Å². The smallest absolute Gasteiger partial charge is 0.258 e. The van der Waals surface area contributed by atoms with Crippen LogP contribution >= 0.6 is 11.8 Å². The van der Waals surface area contributed by atoms with Gasteiger partial charge in [-0.1, -0.05) is 17.8 Å². The Morgan fingerprint density at radius 3 is 2.65 bits per heavy atom. The van der Waals surface area contributed by atoms with Crippen LogP contribution in [-0.4, -0.2) is 61.9 Å². The lowest BCUT2D eigenvalue weighted by Gasteiger charge is -2.27. The molecule has 0 bridgehead atoms. The van der Waals surface area contributed by atoms with Crippen molar-refractivity contribution >= 4 is 17.4 Å². The van der Waals surface area contributed by atoms with E-state index in [1.165, 1.54) is 23.9 Å². The van der Waals surface area contributed by atoms with Gasteiger partial charge in [0.2, 0.25) is 0 Å². The molecule has 0 atom stereocenters. The van der Waals surface area contributed by atoms with Crippen molar-refractivity contribution in [2.45, 2.75) is 24.4 Å². The molecule has 1 aliphatic rings. The van der Waals surface area contributed by atoms with Crippen molar-refractivity contribution in [1.29, 1.82) is 0 Å². The third-order valence-electron chi connectivity index (χ3n) is 5.85. The summed E-state index contributed by atoms with van der Waals surface area (Å²) in [4.78, 5) is 19.6. The highest BCUT2D eigenvalue weighted by Crippen LogP contribution is 2.26. The van der Waals surface area contributed by atoms with Gasteiger partial charge in [-0.05, 0) is 43.3 Å². The fourth-order valence-corrected chi connectivity index (χ4v) is 4.91. The first-order valence-corrected chi connectivity index (χ1v) is 12.2. The largest absolute Gasteiger partial charge is 0.379 e. The number of aryl methyl sites for hydroxylation is 1. The molecule has 1 aliphatic heterocycles. The summed E-state index contributed by atoms with van der Waals surface area (Å²) in [5.41, 5.74) is 2.87. The average molecular weight is 481 g/mol. The Balaban J connectivity index is 1.40. The Bertz CT molecular complexity index is 1350. The summed E-state index contributed by atoms with van der Waals surface area (Å²) in [5.74, 6) is 0.887. The molecule has 1 aromatic carbocycles. The summed E-state index contributed by atoms with van der Waals surface area (Å²) in [5, 5.41) is 9.57. The van der Waals surface area contributed by atoms with Gasteiger partial charge in [0, 0.05) is 49.3 Å². The molecule has 4 heterocycles. The fraction of sp³-hybridized carbons (Fsp3) is 0.333. The average Bonchev–Trinajstić information content (AvgIpc) is 3.25. The van der Waals surface area contributed by atoms with Gasteiger partial charge in [-0.3, -0.25) is 14.1 Å². The SMILES string of the molecule is Cc1cccc2nc(CSc3nnc(-c4ccc(F)cc4)n3CCN3CCOCC3)cc(=O)n12. The molecule has 5 rings (SSSR count). The van der Waals surface area contributed by atoms with Gasteiger partial charge in [-0.2, -0.15) is 0 Å². The highest BCUT2D eigenvalue weighted by Gasteiger charge is 2.18. The van der Waals surface area contributed by atoms with Crippen molar-refractivity contribution < 1.29 is 9.13 Å². The molecule has 3 aromatic heterocycles. The standard InChI is InChI=1S/C24H25FN6O2S/c1-17-3-2-4-21-26-20(15-22(32)31(17)21)16-34-24-28-27-23(18-5-7-19(25)8-6-18)30(24)10-9-29-11-13-33-14-12-29/h2-8,15H,9-14,16H2,1H3. The molecule has 0 radical (unpaired) electrons. The normalized spacial score (nSPS) is 14.6. The lowest BCUT2D eigenvalue weighted by atomic mass is 10.2. The van der Waals surface area contributed by atoms with Crippen molar-refractivity contribution in [2.24, 2.45) is 0 Å². The second-order valence-electron chi connectivity index (χ2n) is 8.15. The molecule has 0 amide bonds. The Morgan fingerprint density at radius 1 is 1.06 bits per heavy atom. The van der Waals surface area contributed by atoms with Crippen molar-refractivity contribution in [3.8, 4) is 11.4 Å². The van der Waals surface area contributed by atoms with Crippen LogP contribution in [0.2, 0.25) is 0 Å². The molecule has 8 nitrogen and oxygen atoms in total. The maximum atomic E-state index is 13.5. The van der Waals surface area contributed by atoms with E-state index in [-0.39, 0.29) is 11.4 Å². The highest BCUT2D eigenvalue weighted by atomic mass is 32.2. The van der Waals surface area contributed by atoms with Crippen LogP contribution in [0.4, 0.5) is 4.39 Å². The van der Waals surface area contributed by atoms with Crippen LogP contribution in [0.1, 0.15) is 11.4 Å². The first kappa shape index (κ1) is 22.7. The van der Waals surface area contributed by atoms with Crippen molar-refractivity contribution in [3.63, 3.8) is 0 Å². The van der Waals surface area contributed by atoms with E-state index in [0.29, 0.717) is 29.5 Å². The number of halogens is 1. The summed E-state index contributed by atoms with van der Waals surface area (Å²) in [6.07, 6.45) is 0. The van der Waals surface area contributed by atoms with Crippen LogP contribution in [0, 0.1) is 12.7 Å². The predicted octanol–water partition coefficient (Wildman–Crippen LogP) is 3.03. The predicted molar refractivity (Wildman–Crippen MR) is 128 cm³/mol. The second kappa shape index (κ2) is 10.0. The van der Waals surface area contributed by atoms with Crippen LogP contribution in [0.15, 0.2) is 58.5 Å². The van der Waals surface area contributed by atoms with E-state index in [0.717, 1.165) is 49.3 Å². The Kier molecular flexibility index (Phi) is 6.70. The van der Waals surface area contributed by atoms with E-state index < -0.39 is 0 Å². The monoisotopic (exact) mass is 480 g/mol. The third-order valence-corrected chi connectivity index (χ3v) is 6.85. The molecule has 4 aromatic rings. The van der Waals surface area contributed by atoms with Crippen LogP contribution in [0.5, 0.6) is 0 Å². The van der Waals surface area contributed by atoms with E-state index in [2.05, 4.69) is 24.6 Å². The van der Waals surface area contributed by atoms with Gasteiger partial charge in [0.25, 0.3) is 5.56 Å². The molecular formula is C24H25FN6O2S. The summed E-state index contributed by atoms with van der Waals surface area (Å²) in [6.45, 7) is 6.65. The molecule has 34 heavy (non-hydrogen) atoms. The number of morpholine rings is 1. The molecule has 1 fully saturated rings. The Morgan fingerprint density at radius 2 is 1.85 bits per heavy atom. The maximum Gasteiger partial charge on any atom is 0.258 e. The van der Waals surface area contributed by atoms with Crippen molar-refractivity contribution in [3.05, 3.63) is 76.1 Å². The zero-order chi connectivity index (χ0) is 23.5. The summed E-state index contributed by atoms with van der Waals surface area (Å²) < 4.78 is 22.6. The number of hydrogen-bond donors (Lipinski definition) is 0. The molecule has 0 saturated carbocycles. The maximum absolute atomic E-state index is 13.5. The number of hydrogen-bond acceptors (Lipinski definition) is 7. The van der Waals surface area contributed by atoms with Crippen LogP contribution in [-0.2, 0) is 17.0 Å². The molecule has 1 saturated heterocycles. The van der Waals surface area contributed by atoms with Gasteiger partial charge < -0.3 is 9.30 Å². The number of ether oxygens (including phenoxy) is 1. The lowest BCUT2D eigenvalue weighted by Crippen LogP contribution is -2.38. The molecule has 10 heteroatoms. The van der Waals surface area contributed by atoms with Crippen LogP contribution in [0.25, 0.3) is 17.0 Å².